The van der Waals surface area contributed by atoms with E-state index in [0.29, 0.717) is 5.03 Å². The molecule has 0 amide bonds. The molecule has 0 bridgehead atoms. The van der Waals surface area contributed by atoms with E-state index in [2.05, 4.69) is 11.6 Å². The van der Waals surface area contributed by atoms with Gasteiger partial charge < -0.3 is 0 Å². The van der Waals surface area contributed by atoms with E-state index in [1.807, 2.05) is 13.8 Å². The molecule has 0 N–H and O–H groups in total. The molecule has 9 heavy (non-hydrogen) atoms. The van der Waals surface area contributed by atoms with E-state index in [0.717, 1.165) is 5.71 Å². The molecule has 2 heteroatoms. The lowest BCUT2D eigenvalue weighted by molar-refractivity contribution is 1.49. The SMILES string of the molecule is C=C/C(Cl)=C\N=C(C)C. The largest absolute Gasteiger partial charge is 0.265 e. The lowest BCUT2D eigenvalue weighted by Gasteiger charge is -1.83. The van der Waals surface area contributed by atoms with Crippen molar-refractivity contribution >= 4 is 17.3 Å². The van der Waals surface area contributed by atoms with Gasteiger partial charge in [-0.2, -0.15) is 0 Å². The molecule has 1 nitrogen and oxygen atoms in total. The van der Waals surface area contributed by atoms with Crippen molar-refractivity contribution in [1.29, 1.82) is 0 Å². The number of hydrogen-bond acceptors (Lipinski definition) is 1. The fourth-order valence-electron chi connectivity index (χ4n) is 0.243. The molecule has 0 radical (unpaired) electrons. The predicted molar refractivity (Wildman–Crippen MR) is 42.9 cm³/mol. The van der Waals surface area contributed by atoms with Crippen LogP contribution in [-0.2, 0) is 0 Å². The summed E-state index contributed by atoms with van der Waals surface area (Å²) in [5, 5.41) is 0.566. The molecule has 0 aliphatic carbocycles. The molecule has 0 aromatic carbocycles. The Labute approximate surface area is 60.7 Å². The molecule has 0 aliphatic rings. The Morgan fingerprint density at radius 1 is 1.56 bits per heavy atom. The van der Waals surface area contributed by atoms with Crippen LogP contribution in [0.4, 0.5) is 0 Å². The van der Waals surface area contributed by atoms with E-state index in [-0.39, 0.29) is 0 Å². The average molecular weight is 144 g/mol. The molecule has 0 rings (SSSR count). The minimum absolute atomic E-state index is 0.566. The summed E-state index contributed by atoms with van der Waals surface area (Å²) >= 11 is 5.55. The maximum atomic E-state index is 5.55. The van der Waals surface area contributed by atoms with Crippen LogP contribution >= 0.6 is 11.6 Å². The Kier molecular flexibility index (Phi) is 4.06. The predicted octanol–water partition coefficient (Wildman–Crippen LogP) is 2.73. The normalized spacial score (nSPS) is 10.8. The van der Waals surface area contributed by atoms with Crippen LogP contribution in [0.15, 0.2) is 28.9 Å². The fourth-order valence-corrected chi connectivity index (χ4v) is 0.292. The Morgan fingerprint density at radius 2 is 2.11 bits per heavy atom. The van der Waals surface area contributed by atoms with Crippen molar-refractivity contribution < 1.29 is 0 Å². The van der Waals surface area contributed by atoms with Gasteiger partial charge in [-0.05, 0) is 19.9 Å². The van der Waals surface area contributed by atoms with Crippen LogP contribution < -0.4 is 0 Å². The van der Waals surface area contributed by atoms with Crippen molar-refractivity contribution in [2.75, 3.05) is 0 Å². The highest BCUT2D eigenvalue weighted by Crippen LogP contribution is 2.00. The Balaban J connectivity index is 3.98. The van der Waals surface area contributed by atoms with Gasteiger partial charge in [0.25, 0.3) is 0 Å². The van der Waals surface area contributed by atoms with Gasteiger partial charge in [0, 0.05) is 11.9 Å². The lowest BCUT2D eigenvalue weighted by Crippen LogP contribution is -1.75. The third-order valence-electron chi connectivity index (χ3n) is 0.641. The maximum absolute atomic E-state index is 5.55. The van der Waals surface area contributed by atoms with Gasteiger partial charge in [-0.3, -0.25) is 4.99 Å². The zero-order valence-corrected chi connectivity index (χ0v) is 6.44. The second-order valence-corrected chi connectivity index (χ2v) is 2.23. The summed E-state index contributed by atoms with van der Waals surface area (Å²) in [7, 11) is 0. The molecular formula is C7H10ClN. The summed E-state index contributed by atoms with van der Waals surface area (Å²) in [6.45, 7) is 7.28. The van der Waals surface area contributed by atoms with Crippen molar-refractivity contribution in [3.05, 3.63) is 23.9 Å². The molecule has 0 aromatic heterocycles. The molecule has 0 aliphatic heterocycles. The number of aliphatic imine (C=N–C) groups is 1. The first kappa shape index (κ1) is 8.44. The van der Waals surface area contributed by atoms with Crippen molar-refractivity contribution in [2.45, 2.75) is 13.8 Å². The van der Waals surface area contributed by atoms with Crippen LogP contribution in [0.25, 0.3) is 0 Å². The van der Waals surface area contributed by atoms with Crippen LogP contribution in [-0.4, -0.2) is 5.71 Å². The van der Waals surface area contributed by atoms with Crippen LogP contribution in [0.3, 0.4) is 0 Å². The Bertz CT molecular complexity index is 152. The monoisotopic (exact) mass is 143 g/mol. The smallest absolute Gasteiger partial charge is 0.0582 e. The van der Waals surface area contributed by atoms with Gasteiger partial charge in [0.1, 0.15) is 0 Å². The standard InChI is InChI=1S/C7H10ClN/c1-4-7(8)5-9-6(2)3/h4-5H,1H2,2-3H3/b7-5+. The van der Waals surface area contributed by atoms with Gasteiger partial charge in [0.05, 0.1) is 5.03 Å². The highest BCUT2D eigenvalue weighted by Gasteiger charge is 1.78. The van der Waals surface area contributed by atoms with Gasteiger partial charge >= 0.3 is 0 Å². The number of nitrogens with zero attached hydrogens (tertiary/aromatic N) is 1. The highest BCUT2D eigenvalue weighted by atomic mass is 35.5. The summed E-state index contributed by atoms with van der Waals surface area (Å²) in [6, 6.07) is 0. The van der Waals surface area contributed by atoms with Gasteiger partial charge in [0.15, 0.2) is 0 Å². The average Bonchev–Trinajstić information content (AvgIpc) is 1.83. The first-order chi connectivity index (χ1) is 4.16. The van der Waals surface area contributed by atoms with E-state index in [9.17, 15) is 0 Å². The van der Waals surface area contributed by atoms with E-state index in [4.69, 9.17) is 11.6 Å². The van der Waals surface area contributed by atoms with Gasteiger partial charge in [-0.15, -0.1) is 0 Å². The fraction of sp³-hybridized carbons (Fsp3) is 0.286. The number of allylic oxidation sites excluding steroid dienone is 2. The Hall–Kier alpha value is -0.560. The summed E-state index contributed by atoms with van der Waals surface area (Å²) in [4.78, 5) is 3.95. The maximum Gasteiger partial charge on any atom is 0.0582 e. The van der Waals surface area contributed by atoms with Crippen molar-refractivity contribution in [1.82, 2.24) is 0 Å². The number of halogens is 1. The molecule has 0 saturated heterocycles. The molecule has 0 unspecified atom stereocenters. The second-order valence-electron chi connectivity index (χ2n) is 1.79. The molecule has 0 aromatic rings. The molecular weight excluding hydrogens is 134 g/mol. The quantitative estimate of drug-likeness (QED) is 0.417. The summed E-state index contributed by atoms with van der Waals surface area (Å²) in [6.07, 6.45) is 3.12. The van der Waals surface area contributed by atoms with Crippen LogP contribution in [0.1, 0.15) is 13.8 Å². The van der Waals surface area contributed by atoms with Gasteiger partial charge in [-0.1, -0.05) is 18.2 Å². The highest BCUT2D eigenvalue weighted by molar-refractivity contribution is 6.31. The van der Waals surface area contributed by atoms with E-state index >= 15 is 0 Å². The summed E-state index contributed by atoms with van der Waals surface area (Å²) < 4.78 is 0. The number of hydrogen-bond donors (Lipinski definition) is 0. The first-order valence-electron chi connectivity index (χ1n) is 2.66. The van der Waals surface area contributed by atoms with Crippen molar-refractivity contribution in [3.8, 4) is 0 Å². The number of rotatable bonds is 2. The lowest BCUT2D eigenvalue weighted by atomic mass is 10.5. The van der Waals surface area contributed by atoms with E-state index in [1.54, 1.807) is 12.3 Å². The zero-order chi connectivity index (χ0) is 7.28. The van der Waals surface area contributed by atoms with Gasteiger partial charge in [-0.25, -0.2) is 0 Å². The Morgan fingerprint density at radius 3 is 2.44 bits per heavy atom. The molecule has 0 saturated carbocycles. The third-order valence-corrected chi connectivity index (χ3v) is 0.893. The van der Waals surface area contributed by atoms with Crippen LogP contribution in [0.2, 0.25) is 0 Å². The van der Waals surface area contributed by atoms with Gasteiger partial charge in [0.2, 0.25) is 0 Å². The molecule has 0 fully saturated rings. The minimum atomic E-state index is 0.566. The van der Waals surface area contributed by atoms with Crippen LogP contribution in [0, 0.1) is 0 Å². The third kappa shape index (κ3) is 5.31. The molecule has 0 heterocycles. The molecule has 0 atom stereocenters. The minimum Gasteiger partial charge on any atom is -0.265 e. The molecule has 0 spiro atoms. The topological polar surface area (TPSA) is 12.4 Å². The van der Waals surface area contributed by atoms with Crippen molar-refractivity contribution in [3.63, 3.8) is 0 Å². The molecule has 50 valence electrons. The first-order valence-corrected chi connectivity index (χ1v) is 3.03. The van der Waals surface area contributed by atoms with Crippen LogP contribution in [0.5, 0.6) is 0 Å². The van der Waals surface area contributed by atoms with E-state index < -0.39 is 0 Å². The summed E-state index contributed by atoms with van der Waals surface area (Å²) in [5.41, 5.74) is 0.981. The van der Waals surface area contributed by atoms with Crippen molar-refractivity contribution in [2.24, 2.45) is 4.99 Å². The summed E-state index contributed by atoms with van der Waals surface area (Å²) in [5.74, 6) is 0. The second kappa shape index (κ2) is 4.33. The zero-order valence-electron chi connectivity index (χ0n) is 5.69. The van der Waals surface area contributed by atoms with E-state index in [1.165, 1.54) is 0 Å².